The molecule has 0 saturated carbocycles. The van der Waals surface area contributed by atoms with Gasteiger partial charge in [-0.3, -0.25) is 0 Å². The number of halogens is 1. The van der Waals surface area contributed by atoms with Crippen LogP contribution in [0, 0.1) is 0 Å². The fourth-order valence-corrected chi connectivity index (χ4v) is 1.81. The van der Waals surface area contributed by atoms with Crippen molar-refractivity contribution in [2.45, 2.75) is 31.9 Å². The fraction of sp³-hybridized carbons (Fsp3) is 0.500. The maximum atomic E-state index is 11.4. The Morgan fingerprint density at radius 2 is 2.15 bits per heavy atom. The van der Waals surface area contributed by atoms with E-state index in [1.54, 1.807) is 6.07 Å². The summed E-state index contributed by atoms with van der Waals surface area (Å²) in [6.07, 6.45) is 1.94. The zero-order chi connectivity index (χ0) is 14.8. The van der Waals surface area contributed by atoms with Crippen LogP contribution in [0.15, 0.2) is 24.3 Å². The maximum Gasteiger partial charge on any atom is 0.407 e. The van der Waals surface area contributed by atoms with Crippen LogP contribution in [-0.2, 0) is 11.3 Å². The molecule has 0 aliphatic carbocycles. The van der Waals surface area contributed by atoms with E-state index in [9.17, 15) is 4.79 Å². The first-order valence-electron chi connectivity index (χ1n) is 6.64. The standard InChI is InChI=1S/C14H21ClN2O3/c15-13-7-2-1-5-11(13)10-20-14(19)17-8-4-3-6-12(16)9-18/h1-2,5,7,12,18H,3-4,6,8-10,16H2,(H,17,19)/t12-/m0/s1. The number of nitrogens with two attached hydrogens (primary N) is 1. The number of alkyl carbamates (subject to hydrolysis) is 1. The predicted molar refractivity (Wildman–Crippen MR) is 78.6 cm³/mol. The van der Waals surface area contributed by atoms with Crippen LogP contribution in [0.4, 0.5) is 4.79 Å². The van der Waals surface area contributed by atoms with Crippen LogP contribution < -0.4 is 11.1 Å². The van der Waals surface area contributed by atoms with Crippen molar-refractivity contribution >= 4 is 17.7 Å². The predicted octanol–water partition coefficient (Wildman–Crippen LogP) is 2.06. The molecule has 1 aromatic carbocycles. The highest BCUT2D eigenvalue weighted by molar-refractivity contribution is 6.31. The Labute approximate surface area is 124 Å². The topological polar surface area (TPSA) is 84.6 Å². The van der Waals surface area contributed by atoms with Crippen molar-refractivity contribution < 1.29 is 14.6 Å². The van der Waals surface area contributed by atoms with Crippen LogP contribution >= 0.6 is 11.6 Å². The molecule has 0 bridgehead atoms. The minimum atomic E-state index is -0.462. The maximum absolute atomic E-state index is 11.4. The quantitative estimate of drug-likeness (QED) is 0.642. The second-order valence-corrected chi connectivity index (χ2v) is 4.94. The molecule has 5 nitrogen and oxygen atoms in total. The summed E-state index contributed by atoms with van der Waals surface area (Å²) >= 11 is 5.95. The van der Waals surface area contributed by atoms with Gasteiger partial charge in [0.2, 0.25) is 0 Å². The van der Waals surface area contributed by atoms with E-state index in [0.717, 1.165) is 24.8 Å². The molecule has 1 amide bonds. The first-order chi connectivity index (χ1) is 9.63. The van der Waals surface area contributed by atoms with E-state index in [0.29, 0.717) is 11.6 Å². The first kappa shape index (κ1) is 16.8. The molecule has 0 fully saturated rings. The van der Waals surface area contributed by atoms with Crippen molar-refractivity contribution in [2.24, 2.45) is 5.73 Å². The monoisotopic (exact) mass is 300 g/mol. The van der Waals surface area contributed by atoms with Crippen LogP contribution in [0.25, 0.3) is 0 Å². The molecule has 20 heavy (non-hydrogen) atoms. The Kier molecular flexibility index (Phi) is 8.02. The summed E-state index contributed by atoms with van der Waals surface area (Å²) in [5, 5.41) is 12.0. The van der Waals surface area contributed by atoms with Gasteiger partial charge in [-0.05, 0) is 18.9 Å². The van der Waals surface area contributed by atoms with Crippen molar-refractivity contribution in [1.82, 2.24) is 5.32 Å². The van der Waals surface area contributed by atoms with E-state index in [2.05, 4.69) is 5.32 Å². The number of carbonyl (C=O) groups is 1. The SMILES string of the molecule is N[C@H](CO)CCCCNC(=O)OCc1ccccc1Cl. The van der Waals surface area contributed by atoms with E-state index in [4.69, 9.17) is 27.2 Å². The van der Waals surface area contributed by atoms with E-state index < -0.39 is 6.09 Å². The highest BCUT2D eigenvalue weighted by Crippen LogP contribution is 2.15. The number of rotatable bonds is 8. The summed E-state index contributed by atoms with van der Waals surface area (Å²) in [7, 11) is 0. The number of hydrogen-bond acceptors (Lipinski definition) is 4. The van der Waals surface area contributed by atoms with Crippen LogP contribution in [0.5, 0.6) is 0 Å². The van der Waals surface area contributed by atoms with Gasteiger partial charge >= 0.3 is 6.09 Å². The Hall–Kier alpha value is -1.30. The zero-order valence-electron chi connectivity index (χ0n) is 11.3. The molecule has 0 heterocycles. The van der Waals surface area contributed by atoms with Crippen LogP contribution in [0.1, 0.15) is 24.8 Å². The van der Waals surface area contributed by atoms with Gasteiger partial charge in [0, 0.05) is 23.2 Å². The second kappa shape index (κ2) is 9.58. The molecule has 1 atom stereocenters. The molecule has 112 valence electrons. The molecule has 1 rings (SSSR count). The average molecular weight is 301 g/mol. The first-order valence-corrected chi connectivity index (χ1v) is 7.01. The molecule has 0 spiro atoms. The molecule has 4 N–H and O–H groups in total. The van der Waals surface area contributed by atoms with Crippen LogP contribution in [0.2, 0.25) is 5.02 Å². The van der Waals surface area contributed by atoms with Crippen molar-refractivity contribution in [1.29, 1.82) is 0 Å². The number of carbonyl (C=O) groups excluding carboxylic acids is 1. The van der Waals surface area contributed by atoms with Crippen LogP contribution in [-0.4, -0.2) is 30.4 Å². The highest BCUT2D eigenvalue weighted by atomic mass is 35.5. The third-order valence-corrected chi connectivity index (χ3v) is 3.19. The van der Waals surface area contributed by atoms with Gasteiger partial charge in [0.05, 0.1) is 6.61 Å². The zero-order valence-corrected chi connectivity index (χ0v) is 12.1. The van der Waals surface area contributed by atoms with Gasteiger partial charge in [0.25, 0.3) is 0 Å². The number of hydrogen-bond donors (Lipinski definition) is 3. The lowest BCUT2D eigenvalue weighted by atomic mass is 10.1. The Bertz CT molecular complexity index is 415. The lowest BCUT2D eigenvalue weighted by Crippen LogP contribution is -2.27. The molecule has 0 aliphatic heterocycles. The molecule has 6 heteroatoms. The van der Waals surface area contributed by atoms with Crippen molar-refractivity contribution in [3.63, 3.8) is 0 Å². The highest BCUT2D eigenvalue weighted by Gasteiger charge is 2.05. The van der Waals surface area contributed by atoms with Gasteiger partial charge in [0.1, 0.15) is 6.61 Å². The molecule has 0 aromatic heterocycles. The molecule has 0 radical (unpaired) electrons. The van der Waals surface area contributed by atoms with Gasteiger partial charge in [-0.25, -0.2) is 4.79 Å². The molecule has 0 unspecified atom stereocenters. The lowest BCUT2D eigenvalue weighted by molar-refractivity contribution is 0.139. The van der Waals surface area contributed by atoms with E-state index in [-0.39, 0.29) is 19.3 Å². The third kappa shape index (κ3) is 6.75. The average Bonchev–Trinajstić information content (AvgIpc) is 2.45. The summed E-state index contributed by atoms with van der Waals surface area (Å²) in [6.45, 7) is 0.674. The third-order valence-electron chi connectivity index (χ3n) is 2.82. The summed E-state index contributed by atoms with van der Waals surface area (Å²) in [4.78, 5) is 11.4. The number of aliphatic hydroxyl groups excluding tert-OH is 1. The molecular formula is C14H21ClN2O3. The van der Waals surface area contributed by atoms with Gasteiger partial charge in [-0.2, -0.15) is 0 Å². The lowest BCUT2D eigenvalue weighted by Gasteiger charge is -2.09. The van der Waals surface area contributed by atoms with Crippen LogP contribution in [0.3, 0.4) is 0 Å². The number of unbranched alkanes of at least 4 members (excludes halogenated alkanes) is 1. The van der Waals surface area contributed by atoms with E-state index in [1.807, 2.05) is 18.2 Å². The number of aliphatic hydroxyl groups is 1. The van der Waals surface area contributed by atoms with Crippen molar-refractivity contribution in [3.8, 4) is 0 Å². The number of ether oxygens (including phenoxy) is 1. The Morgan fingerprint density at radius 1 is 1.40 bits per heavy atom. The largest absolute Gasteiger partial charge is 0.445 e. The minimum Gasteiger partial charge on any atom is -0.445 e. The van der Waals surface area contributed by atoms with Crippen molar-refractivity contribution in [3.05, 3.63) is 34.9 Å². The second-order valence-electron chi connectivity index (χ2n) is 4.53. The molecule has 0 aliphatic rings. The molecule has 0 saturated heterocycles. The molecular weight excluding hydrogens is 280 g/mol. The molecule has 1 aromatic rings. The summed E-state index contributed by atoms with van der Waals surface area (Å²) in [6, 6.07) is 7.05. The number of nitrogens with one attached hydrogen (secondary N) is 1. The fourth-order valence-electron chi connectivity index (χ4n) is 1.62. The van der Waals surface area contributed by atoms with Gasteiger partial charge in [0.15, 0.2) is 0 Å². The normalized spacial score (nSPS) is 11.9. The van der Waals surface area contributed by atoms with E-state index >= 15 is 0 Å². The van der Waals surface area contributed by atoms with Crippen molar-refractivity contribution in [2.75, 3.05) is 13.2 Å². The summed E-state index contributed by atoms with van der Waals surface area (Å²) in [5.74, 6) is 0. The summed E-state index contributed by atoms with van der Waals surface area (Å²) < 4.78 is 5.06. The van der Waals surface area contributed by atoms with Gasteiger partial charge < -0.3 is 20.9 Å². The Balaban J connectivity index is 2.11. The minimum absolute atomic E-state index is 0.00664. The van der Waals surface area contributed by atoms with Gasteiger partial charge in [-0.1, -0.05) is 36.2 Å². The van der Waals surface area contributed by atoms with Gasteiger partial charge in [-0.15, -0.1) is 0 Å². The summed E-state index contributed by atoms with van der Waals surface area (Å²) in [5.41, 5.74) is 6.34. The van der Waals surface area contributed by atoms with E-state index in [1.165, 1.54) is 0 Å². The number of amides is 1. The Morgan fingerprint density at radius 3 is 2.85 bits per heavy atom. The number of benzene rings is 1. The smallest absolute Gasteiger partial charge is 0.407 e.